The second kappa shape index (κ2) is 10.8. The summed E-state index contributed by atoms with van der Waals surface area (Å²) in [6.45, 7) is 5.21. The van der Waals surface area contributed by atoms with Crippen LogP contribution in [0.2, 0.25) is 0 Å². The first-order valence-electron chi connectivity index (χ1n) is 8.77. The summed E-state index contributed by atoms with van der Waals surface area (Å²) in [5, 5.41) is 5.03. The van der Waals surface area contributed by atoms with E-state index in [9.17, 15) is 9.59 Å². The molecule has 1 saturated heterocycles. The highest BCUT2D eigenvalue weighted by Crippen LogP contribution is 2.21. The Morgan fingerprint density at radius 2 is 2.21 bits per heavy atom. The van der Waals surface area contributed by atoms with Gasteiger partial charge in [-0.15, -0.1) is 36.2 Å². The van der Waals surface area contributed by atoms with Crippen LogP contribution in [0.15, 0.2) is 22.1 Å². The molecule has 156 valence electrons. The monoisotopic (exact) mass is 448 g/mol. The Bertz CT molecular complexity index is 793. The molecule has 10 heteroatoms. The highest BCUT2D eigenvalue weighted by Gasteiger charge is 2.26. The van der Waals surface area contributed by atoms with Crippen molar-refractivity contribution in [2.45, 2.75) is 39.2 Å². The highest BCUT2D eigenvalue weighted by atomic mass is 35.5. The van der Waals surface area contributed by atoms with Crippen molar-refractivity contribution < 1.29 is 14.0 Å². The number of carbonyl (C=O) groups excluding carboxylic acids is 2. The molecule has 1 aliphatic heterocycles. The quantitative estimate of drug-likeness (QED) is 0.730. The summed E-state index contributed by atoms with van der Waals surface area (Å²) in [6, 6.07) is 1.71. The number of nitrogens with one attached hydrogen (secondary N) is 1. The van der Waals surface area contributed by atoms with Gasteiger partial charge in [-0.25, -0.2) is 4.98 Å². The number of nitrogens with two attached hydrogens (primary N) is 1. The van der Waals surface area contributed by atoms with Crippen LogP contribution in [-0.4, -0.2) is 40.8 Å². The topological polar surface area (TPSA) is 101 Å². The Morgan fingerprint density at radius 1 is 1.46 bits per heavy atom. The van der Waals surface area contributed by atoms with E-state index in [2.05, 4.69) is 10.3 Å². The van der Waals surface area contributed by atoms with Gasteiger partial charge < -0.3 is 15.1 Å². The van der Waals surface area contributed by atoms with Crippen LogP contribution < -0.4 is 11.1 Å². The molecule has 7 nitrogen and oxygen atoms in total. The molecule has 2 amide bonds. The Hall–Kier alpha value is -1.61. The van der Waals surface area contributed by atoms with E-state index in [1.54, 1.807) is 13.0 Å². The number of hydrogen-bond acceptors (Lipinski definition) is 6. The summed E-state index contributed by atoms with van der Waals surface area (Å²) >= 11 is 1.31. The van der Waals surface area contributed by atoms with Crippen molar-refractivity contribution in [3.8, 4) is 0 Å². The van der Waals surface area contributed by atoms with Gasteiger partial charge in [-0.1, -0.05) is 0 Å². The smallest absolute Gasteiger partial charge is 0.260 e. The van der Waals surface area contributed by atoms with Crippen LogP contribution in [0.3, 0.4) is 0 Å². The molecule has 2 atom stereocenters. The number of likely N-dealkylation sites (tertiary alicyclic amines) is 1. The standard InChI is InChI=1S/C18H24N4O3S.2ClH/c1-11(19)13-4-3-6-22(9-13)16(23)8-14-10-26-18(20-14)21-17(24)15-5-7-25-12(15)2;;/h5,7,10-11,13H,3-4,6,8-9,19H2,1-2H3,(H,20,21,24);2*1H. The van der Waals surface area contributed by atoms with Gasteiger partial charge >= 0.3 is 0 Å². The van der Waals surface area contributed by atoms with Gasteiger partial charge in [0.1, 0.15) is 5.76 Å². The molecule has 0 bridgehead atoms. The van der Waals surface area contributed by atoms with E-state index in [1.807, 2.05) is 17.2 Å². The fourth-order valence-corrected chi connectivity index (χ4v) is 3.87. The van der Waals surface area contributed by atoms with Gasteiger partial charge in [-0.3, -0.25) is 14.9 Å². The molecule has 1 aliphatic rings. The first kappa shape index (κ1) is 24.4. The Labute approximate surface area is 180 Å². The van der Waals surface area contributed by atoms with Crippen LogP contribution in [-0.2, 0) is 11.2 Å². The maximum absolute atomic E-state index is 12.5. The summed E-state index contributed by atoms with van der Waals surface area (Å²) < 4.78 is 5.14. The summed E-state index contributed by atoms with van der Waals surface area (Å²) in [4.78, 5) is 31.0. The van der Waals surface area contributed by atoms with E-state index in [0.717, 1.165) is 19.4 Å². The summed E-state index contributed by atoms with van der Waals surface area (Å²) in [7, 11) is 0. The zero-order valence-corrected chi connectivity index (χ0v) is 18.3. The van der Waals surface area contributed by atoms with Gasteiger partial charge in [-0.05, 0) is 38.7 Å². The van der Waals surface area contributed by atoms with E-state index in [0.29, 0.717) is 34.6 Å². The first-order chi connectivity index (χ1) is 12.4. The molecule has 1 fully saturated rings. The van der Waals surface area contributed by atoms with Gasteiger partial charge in [0, 0.05) is 24.5 Å². The molecule has 0 radical (unpaired) electrons. The highest BCUT2D eigenvalue weighted by molar-refractivity contribution is 7.14. The van der Waals surface area contributed by atoms with Crippen LogP contribution in [0, 0.1) is 12.8 Å². The number of aryl methyl sites for hydroxylation is 1. The van der Waals surface area contributed by atoms with Gasteiger partial charge in [0.2, 0.25) is 5.91 Å². The molecule has 0 aromatic carbocycles. The molecular formula is C18H26Cl2N4O3S. The Morgan fingerprint density at radius 3 is 2.86 bits per heavy atom. The van der Waals surface area contributed by atoms with E-state index < -0.39 is 0 Å². The number of anilines is 1. The second-order valence-electron chi connectivity index (χ2n) is 6.77. The predicted octanol–water partition coefficient (Wildman–Crippen LogP) is 3.27. The zero-order valence-electron chi connectivity index (χ0n) is 15.8. The predicted molar refractivity (Wildman–Crippen MR) is 115 cm³/mol. The maximum atomic E-state index is 12.5. The minimum absolute atomic E-state index is 0. The number of hydrogen-bond donors (Lipinski definition) is 2. The van der Waals surface area contributed by atoms with E-state index in [1.165, 1.54) is 17.6 Å². The Kier molecular flexibility index (Phi) is 9.43. The minimum atomic E-state index is -0.265. The normalized spacial score (nSPS) is 17.2. The molecule has 0 aliphatic carbocycles. The van der Waals surface area contributed by atoms with Crippen molar-refractivity contribution in [1.82, 2.24) is 9.88 Å². The maximum Gasteiger partial charge on any atom is 0.260 e. The fraction of sp³-hybridized carbons (Fsp3) is 0.500. The van der Waals surface area contributed by atoms with Gasteiger partial charge in [0.15, 0.2) is 5.13 Å². The summed E-state index contributed by atoms with van der Waals surface area (Å²) in [5.41, 5.74) is 7.14. The lowest BCUT2D eigenvalue weighted by Crippen LogP contribution is -2.45. The number of amides is 2. The molecule has 28 heavy (non-hydrogen) atoms. The van der Waals surface area contributed by atoms with Crippen molar-refractivity contribution >= 4 is 53.1 Å². The number of furan rings is 1. The van der Waals surface area contributed by atoms with Crippen LogP contribution >= 0.6 is 36.2 Å². The van der Waals surface area contributed by atoms with E-state index in [-0.39, 0.29) is 49.1 Å². The van der Waals surface area contributed by atoms with Crippen LogP contribution in [0.1, 0.15) is 41.6 Å². The molecule has 2 aromatic heterocycles. The lowest BCUT2D eigenvalue weighted by Gasteiger charge is -2.34. The summed E-state index contributed by atoms with van der Waals surface area (Å²) in [5.74, 6) is 0.711. The SMILES string of the molecule is Cc1occc1C(=O)Nc1nc(CC(=O)N2CCCC(C(C)N)C2)cs1.Cl.Cl. The third-order valence-corrected chi connectivity index (χ3v) is 5.57. The third kappa shape index (κ3) is 5.94. The molecule has 2 aromatic rings. The molecule has 2 unspecified atom stereocenters. The second-order valence-corrected chi connectivity index (χ2v) is 7.62. The molecular weight excluding hydrogens is 423 g/mol. The number of aromatic nitrogens is 1. The number of piperidine rings is 1. The lowest BCUT2D eigenvalue weighted by molar-refractivity contribution is -0.132. The minimum Gasteiger partial charge on any atom is -0.469 e. The number of halogens is 2. The number of nitrogens with zero attached hydrogens (tertiary/aromatic N) is 2. The van der Waals surface area contributed by atoms with Gasteiger partial charge in [0.25, 0.3) is 5.91 Å². The lowest BCUT2D eigenvalue weighted by atomic mass is 9.92. The third-order valence-electron chi connectivity index (χ3n) is 4.76. The van der Waals surface area contributed by atoms with Crippen molar-refractivity contribution in [3.05, 3.63) is 34.7 Å². The number of carbonyl (C=O) groups is 2. The molecule has 3 N–H and O–H groups in total. The van der Waals surface area contributed by atoms with Crippen LogP contribution in [0.25, 0.3) is 0 Å². The van der Waals surface area contributed by atoms with Crippen LogP contribution in [0.5, 0.6) is 0 Å². The number of rotatable bonds is 5. The molecule has 3 heterocycles. The van der Waals surface area contributed by atoms with Crippen molar-refractivity contribution in [1.29, 1.82) is 0 Å². The van der Waals surface area contributed by atoms with E-state index in [4.69, 9.17) is 10.2 Å². The molecule has 0 saturated carbocycles. The van der Waals surface area contributed by atoms with Gasteiger partial charge in [-0.2, -0.15) is 0 Å². The average molecular weight is 449 g/mol. The van der Waals surface area contributed by atoms with Crippen molar-refractivity contribution in [2.24, 2.45) is 11.7 Å². The first-order valence-corrected chi connectivity index (χ1v) is 9.65. The van der Waals surface area contributed by atoms with Crippen LogP contribution in [0.4, 0.5) is 5.13 Å². The van der Waals surface area contributed by atoms with Gasteiger partial charge in [0.05, 0.1) is 23.9 Å². The number of thiazole rings is 1. The average Bonchev–Trinajstić information content (AvgIpc) is 3.23. The zero-order chi connectivity index (χ0) is 18.7. The van der Waals surface area contributed by atoms with Crippen molar-refractivity contribution in [2.75, 3.05) is 18.4 Å². The molecule has 3 rings (SSSR count). The fourth-order valence-electron chi connectivity index (χ4n) is 3.16. The largest absolute Gasteiger partial charge is 0.469 e. The summed E-state index contributed by atoms with van der Waals surface area (Å²) in [6.07, 6.45) is 3.77. The van der Waals surface area contributed by atoms with E-state index >= 15 is 0 Å². The van der Waals surface area contributed by atoms with Crippen molar-refractivity contribution in [3.63, 3.8) is 0 Å². The molecule has 0 spiro atoms. The Balaban J connectivity index is 0.00000196.